The number of piperazine rings is 1. The molecule has 0 amide bonds. The highest BCUT2D eigenvalue weighted by Gasteiger charge is 2.49. The van der Waals surface area contributed by atoms with E-state index in [-0.39, 0.29) is 40.7 Å². The van der Waals surface area contributed by atoms with Gasteiger partial charge < -0.3 is 24.8 Å². The van der Waals surface area contributed by atoms with Crippen molar-refractivity contribution in [1.29, 1.82) is 0 Å². The monoisotopic (exact) mass is 641 g/mol. The Labute approximate surface area is 271 Å². The van der Waals surface area contributed by atoms with Gasteiger partial charge in [0.05, 0.1) is 11.1 Å². The van der Waals surface area contributed by atoms with Crippen molar-refractivity contribution in [3.05, 3.63) is 35.6 Å². The number of halogens is 2. The van der Waals surface area contributed by atoms with Crippen molar-refractivity contribution >= 4 is 27.8 Å². The Morgan fingerprint density at radius 1 is 1.06 bits per heavy atom. The Hall–Kier alpha value is -4.21. The molecular formula is C35H37F2N7O3. The number of phenols is 1. The number of benzene rings is 2. The van der Waals surface area contributed by atoms with Gasteiger partial charge in [-0.25, -0.2) is 8.78 Å². The second-order valence-electron chi connectivity index (χ2n) is 14.0. The molecule has 2 bridgehead atoms. The largest absolute Gasteiger partial charge is 0.508 e. The molecule has 4 saturated heterocycles. The zero-order valence-electron chi connectivity index (χ0n) is 26.1. The number of anilines is 1. The fourth-order valence-electron chi connectivity index (χ4n) is 8.61. The number of ether oxygens (including phenoxy) is 2. The van der Waals surface area contributed by atoms with Crippen molar-refractivity contribution in [3.63, 3.8) is 0 Å². The number of alkyl halides is 1. The van der Waals surface area contributed by atoms with Crippen molar-refractivity contribution < 1.29 is 23.4 Å². The molecule has 2 aromatic carbocycles. The van der Waals surface area contributed by atoms with Crippen molar-refractivity contribution in [2.75, 3.05) is 37.7 Å². The number of nitrogens with one attached hydrogen (secondary N) is 1. The summed E-state index contributed by atoms with van der Waals surface area (Å²) in [6.45, 7) is 3.21. The van der Waals surface area contributed by atoms with E-state index < -0.39 is 12.0 Å². The number of hydrogen-bond donors (Lipinski definition) is 2. The minimum absolute atomic E-state index is 0.0383. The topological polar surface area (TPSA) is 101 Å². The van der Waals surface area contributed by atoms with Crippen molar-refractivity contribution in [1.82, 2.24) is 29.7 Å². The second kappa shape index (κ2) is 10.9. The molecule has 4 aliphatic heterocycles. The first kappa shape index (κ1) is 29.0. The first-order valence-electron chi connectivity index (χ1n) is 16.8. The minimum atomic E-state index is -0.857. The quantitative estimate of drug-likeness (QED) is 0.263. The van der Waals surface area contributed by atoms with Gasteiger partial charge in [-0.2, -0.15) is 15.0 Å². The van der Waals surface area contributed by atoms with Crippen LogP contribution in [0.4, 0.5) is 14.6 Å². The highest BCUT2D eigenvalue weighted by Crippen LogP contribution is 2.45. The zero-order valence-corrected chi connectivity index (χ0v) is 26.1. The maximum absolute atomic E-state index is 14.9. The van der Waals surface area contributed by atoms with Gasteiger partial charge in [-0.05, 0) is 69.0 Å². The molecule has 5 fully saturated rings. The average molecular weight is 642 g/mol. The first-order valence-corrected chi connectivity index (χ1v) is 16.8. The van der Waals surface area contributed by atoms with E-state index in [1.165, 1.54) is 18.2 Å². The molecule has 2 N–H and O–H groups in total. The SMILES string of the molecule is C#Cc1c(F)ccc2cc(O)cc(Oc3nc4nc(OC[C@@]56CCCN5C[C@H](F)C6)nc(N5CC6CCC(C5)N6)c4n3C3CCC3)c12. The summed E-state index contributed by atoms with van der Waals surface area (Å²) in [7, 11) is 0. The van der Waals surface area contributed by atoms with Crippen LogP contribution >= 0.6 is 0 Å². The molecule has 5 aliphatic rings. The predicted molar refractivity (Wildman–Crippen MR) is 172 cm³/mol. The number of phenolic OH excluding ortho intramolecular Hbond substituents is 1. The molecule has 9 rings (SSSR count). The molecule has 4 atom stereocenters. The van der Waals surface area contributed by atoms with Crippen LogP contribution in [-0.2, 0) is 0 Å². The fraction of sp³-hybridized carbons (Fsp3) is 0.514. The van der Waals surface area contributed by atoms with Crippen LogP contribution in [0.5, 0.6) is 23.5 Å². The molecule has 4 aromatic rings. The van der Waals surface area contributed by atoms with Gasteiger partial charge in [0.25, 0.3) is 0 Å². The summed E-state index contributed by atoms with van der Waals surface area (Å²) in [5.41, 5.74) is 0.906. The normalized spacial score (nSPS) is 27.3. The predicted octanol–water partition coefficient (Wildman–Crippen LogP) is 5.22. The van der Waals surface area contributed by atoms with E-state index in [0.29, 0.717) is 48.1 Å². The summed E-state index contributed by atoms with van der Waals surface area (Å²) < 4.78 is 44.4. The minimum Gasteiger partial charge on any atom is -0.508 e. The maximum Gasteiger partial charge on any atom is 0.320 e. The summed E-state index contributed by atoms with van der Waals surface area (Å²) in [5, 5.41) is 15.2. The number of terminal acetylenes is 1. The van der Waals surface area contributed by atoms with E-state index in [9.17, 15) is 13.9 Å². The molecule has 12 heteroatoms. The van der Waals surface area contributed by atoms with Gasteiger partial charge in [-0.3, -0.25) is 9.47 Å². The van der Waals surface area contributed by atoms with Crippen molar-refractivity contribution in [2.45, 2.75) is 81.2 Å². The van der Waals surface area contributed by atoms with Crippen LogP contribution in [0.15, 0.2) is 24.3 Å². The number of aromatic nitrogens is 4. The number of nitrogens with zero attached hydrogens (tertiary/aromatic N) is 6. The number of imidazole rings is 1. The maximum atomic E-state index is 14.9. The second-order valence-corrected chi connectivity index (χ2v) is 14.0. The molecule has 2 unspecified atom stereocenters. The summed E-state index contributed by atoms with van der Waals surface area (Å²) in [6.07, 6.45) is 12.4. The molecule has 6 heterocycles. The van der Waals surface area contributed by atoms with Gasteiger partial charge in [-0.15, -0.1) is 6.42 Å². The van der Waals surface area contributed by atoms with E-state index in [2.05, 4.69) is 25.6 Å². The van der Waals surface area contributed by atoms with Crippen LogP contribution in [0.25, 0.3) is 21.9 Å². The van der Waals surface area contributed by atoms with Gasteiger partial charge in [0, 0.05) is 55.6 Å². The van der Waals surface area contributed by atoms with Crippen molar-refractivity contribution in [2.24, 2.45) is 0 Å². The summed E-state index contributed by atoms with van der Waals surface area (Å²) in [4.78, 5) is 19.3. The summed E-state index contributed by atoms with van der Waals surface area (Å²) >= 11 is 0. The Balaban J connectivity index is 1.17. The van der Waals surface area contributed by atoms with E-state index in [0.717, 1.165) is 75.9 Å². The van der Waals surface area contributed by atoms with E-state index in [1.54, 1.807) is 6.07 Å². The van der Waals surface area contributed by atoms with Crippen LogP contribution in [0.2, 0.25) is 0 Å². The van der Waals surface area contributed by atoms with Crippen LogP contribution in [0.1, 0.15) is 63.0 Å². The van der Waals surface area contributed by atoms with Gasteiger partial charge in [0.1, 0.15) is 35.6 Å². The third kappa shape index (κ3) is 4.77. The van der Waals surface area contributed by atoms with Crippen LogP contribution in [-0.4, -0.2) is 86.1 Å². The van der Waals surface area contributed by atoms with E-state index in [1.807, 2.05) is 0 Å². The van der Waals surface area contributed by atoms with Gasteiger partial charge >= 0.3 is 12.0 Å². The Bertz CT molecular complexity index is 1930. The third-order valence-electron chi connectivity index (χ3n) is 11.0. The number of aromatic hydroxyl groups is 1. The molecule has 0 spiro atoms. The van der Waals surface area contributed by atoms with Gasteiger partial charge in [0.2, 0.25) is 0 Å². The molecule has 10 nitrogen and oxygen atoms in total. The number of fused-ring (bicyclic) bond motifs is 5. The molecule has 47 heavy (non-hydrogen) atoms. The molecular weight excluding hydrogens is 604 g/mol. The van der Waals surface area contributed by atoms with Crippen LogP contribution in [0, 0.1) is 18.2 Å². The lowest BCUT2D eigenvalue weighted by Gasteiger charge is -2.35. The highest BCUT2D eigenvalue weighted by molar-refractivity contribution is 5.95. The smallest absolute Gasteiger partial charge is 0.320 e. The van der Waals surface area contributed by atoms with Crippen molar-refractivity contribution in [3.8, 4) is 35.9 Å². The lowest BCUT2D eigenvalue weighted by atomic mass is 9.93. The first-order chi connectivity index (χ1) is 22.9. The zero-order chi connectivity index (χ0) is 31.9. The van der Waals surface area contributed by atoms with Gasteiger partial charge in [0.15, 0.2) is 11.5 Å². The fourth-order valence-corrected chi connectivity index (χ4v) is 8.61. The van der Waals surface area contributed by atoms with Crippen LogP contribution in [0.3, 0.4) is 0 Å². The van der Waals surface area contributed by atoms with Crippen LogP contribution < -0.4 is 19.7 Å². The van der Waals surface area contributed by atoms with E-state index >= 15 is 0 Å². The molecule has 1 aliphatic carbocycles. The summed E-state index contributed by atoms with van der Waals surface area (Å²) in [6, 6.07) is 7.14. The summed E-state index contributed by atoms with van der Waals surface area (Å²) in [5.74, 6) is 2.82. The third-order valence-corrected chi connectivity index (χ3v) is 11.0. The molecule has 244 valence electrons. The Kier molecular flexibility index (Phi) is 6.73. The highest BCUT2D eigenvalue weighted by atomic mass is 19.1. The Morgan fingerprint density at radius 2 is 1.89 bits per heavy atom. The molecule has 1 saturated carbocycles. The van der Waals surface area contributed by atoms with E-state index in [4.69, 9.17) is 30.8 Å². The molecule has 0 radical (unpaired) electrons. The Morgan fingerprint density at radius 3 is 2.66 bits per heavy atom. The lowest BCUT2D eigenvalue weighted by molar-refractivity contribution is 0.107. The number of rotatable bonds is 7. The molecule has 2 aromatic heterocycles. The average Bonchev–Trinajstić information content (AvgIpc) is 3.76. The van der Waals surface area contributed by atoms with Gasteiger partial charge in [-0.1, -0.05) is 12.0 Å². The standard InChI is InChI=1S/C35H37F2N7O3/c1-2-26-27(37)10-7-20-13-25(45)14-28(29(20)26)47-34-40-31-30(44(34)24-5-3-6-24)32(42-17-22-8-9-23(18-42)38-22)41-33(39-31)46-19-35-11-4-12-43(35)16-21(36)15-35/h1,7,10,13-14,21-24,38,45H,3-6,8-9,11-12,15-19H2/t21-,22?,23?,35+/m1/s1. The lowest BCUT2D eigenvalue weighted by Crippen LogP contribution is -2.51. The number of hydrogen-bond acceptors (Lipinski definition) is 9.